The van der Waals surface area contributed by atoms with E-state index in [-0.39, 0.29) is 11.4 Å². The largest absolute Gasteiger partial charge is 0.282 e. The van der Waals surface area contributed by atoms with E-state index in [1.165, 1.54) is 0 Å². The van der Waals surface area contributed by atoms with Gasteiger partial charge in [-0.3, -0.25) is 4.90 Å². The molecule has 0 spiro atoms. The van der Waals surface area contributed by atoms with Crippen LogP contribution in [-0.2, 0) is 0 Å². The molecule has 2 nitrogen and oxygen atoms in total. The van der Waals surface area contributed by atoms with Gasteiger partial charge in [-0.15, -0.1) is 18.2 Å². The molecule has 0 saturated heterocycles. The molecule has 90 valence electrons. The average Bonchev–Trinajstić information content (AvgIpc) is 2.38. The summed E-state index contributed by atoms with van der Waals surface area (Å²) in [4.78, 5) is 2.01. The van der Waals surface area contributed by atoms with Crippen molar-refractivity contribution in [1.29, 1.82) is 5.26 Å². The summed E-state index contributed by atoms with van der Waals surface area (Å²) in [5.74, 6) is 0. The fourth-order valence-corrected chi connectivity index (χ4v) is 2.04. The molecule has 2 atom stereocenters. The number of rotatable bonds is 6. The molecule has 0 heterocycles. The molecule has 0 amide bonds. The third kappa shape index (κ3) is 3.89. The summed E-state index contributed by atoms with van der Waals surface area (Å²) in [7, 11) is 0. The van der Waals surface area contributed by atoms with Crippen molar-refractivity contribution in [3.63, 3.8) is 0 Å². The highest BCUT2D eigenvalue weighted by Crippen LogP contribution is 2.27. The average molecular weight is 249 g/mol. The molecule has 0 bridgehead atoms. The summed E-state index contributed by atoms with van der Waals surface area (Å²) in [5.41, 5.74) is 1.08. The van der Waals surface area contributed by atoms with Crippen molar-refractivity contribution >= 4 is 11.6 Å². The Hall–Kier alpha value is -1.30. The van der Waals surface area contributed by atoms with E-state index in [9.17, 15) is 0 Å². The highest BCUT2D eigenvalue weighted by molar-refractivity contribution is 6.21. The van der Waals surface area contributed by atoms with E-state index in [0.717, 1.165) is 5.56 Å². The van der Waals surface area contributed by atoms with Gasteiger partial charge in [0.25, 0.3) is 0 Å². The van der Waals surface area contributed by atoms with Gasteiger partial charge in [-0.1, -0.05) is 36.4 Å². The number of nitrogens with zero attached hydrogens (tertiary/aromatic N) is 2. The van der Waals surface area contributed by atoms with Crippen molar-refractivity contribution in [1.82, 2.24) is 4.90 Å². The van der Waals surface area contributed by atoms with Crippen molar-refractivity contribution in [3.8, 4) is 6.07 Å². The van der Waals surface area contributed by atoms with E-state index in [1.54, 1.807) is 6.08 Å². The standard InChI is InChI=1S/C14H17ClN2/c1-3-10-17(11-9-16)12(2)14(15)13-7-5-4-6-8-13/h3-8,12,14H,1,10-11H2,2H3/t12-,14-/m0/s1. The third-order valence-corrected chi connectivity index (χ3v) is 3.37. The maximum Gasteiger partial charge on any atom is 0.0871 e. The van der Waals surface area contributed by atoms with Crippen LogP contribution in [0, 0.1) is 11.3 Å². The Balaban J connectivity index is 2.76. The van der Waals surface area contributed by atoms with Gasteiger partial charge in [-0.25, -0.2) is 0 Å². The number of hydrogen-bond acceptors (Lipinski definition) is 2. The maximum absolute atomic E-state index is 8.80. The Morgan fingerprint density at radius 2 is 2.12 bits per heavy atom. The lowest BCUT2D eigenvalue weighted by atomic mass is 10.1. The van der Waals surface area contributed by atoms with Gasteiger partial charge in [-0.05, 0) is 12.5 Å². The van der Waals surface area contributed by atoms with E-state index in [4.69, 9.17) is 16.9 Å². The second-order valence-electron chi connectivity index (χ2n) is 3.93. The molecule has 0 fully saturated rings. The number of hydrogen-bond donors (Lipinski definition) is 0. The molecule has 0 saturated carbocycles. The molecule has 0 N–H and O–H groups in total. The van der Waals surface area contributed by atoms with Crippen molar-refractivity contribution in [2.45, 2.75) is 18.3 Å². The lowest BCUT2D eigenvalue weighted by molar-refractivity contribution is 0.252. The lowest BCUT2D eigenvalue weighted by Gasteiger charge is -2.29. The first-order chi connectivity index (χ1) is 8.20. The highest BCUT2D eigenvalue weighted by atomic mass is 35.5. The zero-order valence-electron chi connectivity index (χ0n) is 10.0. The van der Waals surface area contributed by atoms with E-state index in [2.05, 4.69) is 12.6 Å². The first-order valence-electron chi connectivity index (χ1n) is 5.61. The molecule has 3 heteroatoms. The Morgan fingerprint density at radius 1 is 1.47 bits per heavy atom. The van der Waals surface area contributed by atoms with Crippen molar-refractivity contribution in [3.05, 3.63) is 48.6 Å². The van der Waals surface area contributed by atoms with Crippen molar-refractivity contribution in [2.24, 2.45) is 0 Å². The van der Waals surface area contributed by atoms with Crippen LogP contribution in [0.4, 0.5) is 0 Å². The van der Waals surface area contributed by atoms with Crippen LogP contribution >= 0.6 is 11.6 Å². The normalized spacial score (nSPS) is 14.0. The van der Waals surface area contributed by atoms with Gasteiger partial charge in [0.15, 0.2) is 0 Å². The van der Waals surface area contributed by atoms with Crippen LogP contribution in [0.1, 0.15) is 17.9 Å². The van der Waals surface area contributed by atoms with Crippen LogP contribution in [-0.4, -0.2) is 24.0 Å². The number of alkyl halides is 1. The minimum absolute atomic E-state index is 0.0942. The summed E-state index contributed by atoms with van der Waals surface area (Å²) in [5, 5.41) is 8.67. The van der Waals surface area contributed by atoms with Crippen molar-refractivity contribution < 1.29 is 0 Å². The Bertz CT molecular complexity index is 383. The second-order valence-corrected chi connectivity index (χ2v) is 4.40. The summed E-state index contributed by atoms with van der Waals surface area (Å²) >= 11 is 6.44. The van der Waals surface area contributed by atoms with Crippen LogP contribution in [0.2, 0.25) is 0 Å². The number of halogens is 1. The summed E-state index contributed by atoms with van der Waals surface area (Å²) in [6.45, 7) is 6.77. The monoisotopic (exact) mass is 248 g/mol. The molecule has 0 aliphatic carbocycles. The first-order valence-corrected chi connectivity index (χ1v) is 6.05. The molecule has 0 aliphatic heterocycles. The molecule has 0 unspecified atom stereocenters. The second kappa shape index (κ2) is 7.11. The summed E-state index contributed by atoms with van der Waals surface area (Å²) in [6.07, 6.45) is 1.79. The predicted octanol–water partition coefficient (Wildman–Crippen LogP) is 3.37. The quantitative estimate of drug-likeness (QED) is 0.439. The third-order valence-electron chi connectivity index (χ3n) is 2.75. The lowest BCUT2D eigenvalue weighted by Crippen LogP contribution is -2.36. The number of nitriles is 1. The molecule has 0 radical (unpaired) electrons. The minimum Gasteiger partial charge on any atom is -0.282 e. The Morgan fingerprint density at radius 3 is 2.65 bits per heavy atom. The summed E-state index contributed by atoms with van der Waals surface area (Å²) < 4.78 is 0. The molecular weight excluding hydrogens is 232 g/mol. The zero-order valence-corrected chi connectivity index (χ0v) is 10.8. The van der Waals surface area contributed by atoms with Crippen LogP contribution in [0.3, 0.4) is 0 Å². The van der Waals surface area contributed by atoms with E-state index < -0.39 is 0 Å². The topological polar surface area (TPSA) is 27.0 Å². The van der Waals surface area contributed by atoms with Crippen LogP contribution < -0.4 is 0 Å². The smallest absolute Gasteiger partial charge is 0.0871 e. The molecule has 0 aromatic heterocycles. The molecule has 17 heavy (non-hydrogen) atoms. The van der Waals surface area contributed by atoms with Gasteiger partial charge in [0.1, 0.15) is 0 Å². The fraction of sp³-hybridized carbons (Fsp3) is 0.357. The van der Waals surface area contributed by atoms with Crippen LogP contribution in [0.25, 0.3) is 0 Å². The number of benzene rings is 1. The van der Waals surface area contributed by atoms with Crippen LogP contribution in [0.5, 0.6) is 0 Å². The van der Waals surface area contributed by atoms with Gasteiger partial charge in [0.2, 0.25) is 0 Å². The van der Waals surface area contributed by atoms with E-state index >= 15 is 0 Å². The first kappa shape index (κ1) is 13.8. The van der Waals surface area contributed by atoms with Gasteiger partial charge in [0.05, 0.1) is 18.0 Å². The summed E-state index contributed by atoms with van der Waals surface area (Å²) in [6, 6.07) is 12.2. The van der Waals surface area contributed by atoms with Crippen molar-refractivity contribution in [2.75, 3.05) is 13.1 Å². The molecule has 1 aromatic rings. The molecule has 1 rings (SSSR count). The maximum atomic E-state index is 8.80. The molecular formula is C14H17ClN2. The van der Waals surface area contributed by atoms with Gasteiger partial charge in [0, 0.05) is 12.6 Å². The zero-order chi connectivity index (χ0) is 12.7. The SMILES string of the molecule is C=CCN(CC#N)[C@@H](C)[C@H](Cl)c1ccccc1. The minimum atomic E-state index is -0.121. The van der Waals surface area contributed by atoms with Gasteiger partial charge in [-0.2, -0.15) is 5.26 Å². The molecule has 1 aromatic carbocycles. The molecule has 0 aliphatic rings. The van der Waals surface area contributed by atoms with Crippen LogP contribution in [0.15, 0.2) is 43.0 Å². The van der Waals surface area contributed by atoms with Gasteiger partial charge >= 0.3 is 0 Å². The van der Waals surface area contributed by atoms with E-state index in [1.807, 2.05) is 42.2 Å². The Labute approximate surface area is 108 Å². The Kier molecular flexibility index (Phi) is 5.76. The fourth-order valence-electron chi connectivity index (χ4n) is 1.73. The van der Waals surface area contributed by atoms with Gasteiger partial charge < -0.3 is 0 Å². The predicted molar refractivity (Wildman–Crippen MR) is 71.9 cm³/mol. The highest BCUT2D eigenvalue weighted by Gasteiger charge is 2.21. The van der Waals surface area contributed by atoms with E-state index in [0.29, 0.717) is 13.1 Å².